The molecule has 25 heavy (non-hydrogen) atoms. The Balaban J connectivity index is 1.59. The third-order valence-corrected chi connectivity index (χ3v) is 4.79. The van der Waals surface area contributed by atoms with Crippen LogP contribution in [0, 0.1) is 6.92 Å². The van der Waals surface area contributed by atoms with Crippen molar-refractivity contribution < 1.29 is 0 Å². The standard InChI is InChI=1S/C19H28N6/c1-3-25(16-6-4-5-13(2)9-16)8-7-22-18-12-17(23-19(21)24-18)14-10-15(20)11-14/h4-6,9,12,14-15H,3,7-8,10-11,20H2,1-2H3,(H3,21,22,23,24). The van der Waals surface area contributed by atoms with Crippen LogP contribution in [0.25, 0.3) is 0 Å². The Hall–Kier alpha value is -2.34. The third-order valence-electron chi connectivity index (χ3n) is 4.79. The number of nitrogens with zero attached hydrogens (tertiary/aromatic N) is 3. The first-order chi connectivity index (χ1) is 12.0. The number of nitrogen functional groups attached to an aromatic ring is 1. The van der Waals surface area contributed by atoms with Crippen LogP contribution in [0.15, 0.2) is 30.3 Å². The number of likely N-dealkylation sites (N-methyl/N-ethyl adjacent to an activating group) is 1. The lowest BCUT2D eigenvalue weighted by molar-refractivity contribution is 0.345. The van der Waals surface area contributed by atoms with Crippen LogP contribution in [0.4, 0.5) is 17.5 Å². The molecule has 1 fully saturated rings. The summed E-state index contributed by atoms with van der Waals surface area (Å²) >= 11 is 0. The molecule has 1 aliphatic carbocycles. The molecular weight excluding hydrogens is 312 g/mol. The summed E-state index contributed by atoms with van der Waals surface area (Å²) in [6, 6.07) is 10.9. The van der Waals surface area contributed by atoms with Crippen molar-refractivity contribution in [3.05, 3.63) is 41.6 Å². The van der Waals surface area contributed by atoms with Gasteiger partial charge in [-0.25, -0.2) is 4.98 Å². The monoisotopic (exact) mass is 340 g/mol. The van der Waals surface area contributed by atoms with Gasteiger partial charge in [0.05, 0.1) is 5.69 Å². The SMILES string of the molecule is CCN(CCNc1cc(C2CC(N)C2)nc(N)n1)c1cccc(C)c1. The number of nitrogens with two attached hydrogens (primary N) is 2. The van der Waals surface area contributed by atoms with Crippen molar-refractivity contribution in [3.63, 3.8) is 0 Å². The lowest BCUT2D eigenvalue weighted by Crippen LogP contribution is -2.35. The summed E-state index contributed by atoms with van der Waals surface area (Å²) in [5.74, 6) is 1.54. The highest BCUT2D eigenvalue weighted by atomic mass is 15.2. The average Bonchev–Trinajstić information content (AvgIpc) is 2.55. The molecule has 6 nitrogen and oxygen atoms in total. The number of anilines is 3. The summed E-state index contributed by atoms with van der Waals surface area (Å²) in [5, 5.41) is 3.39. The van der Waals surface area contributed by atoms with E-state index < -0.39 is 0 Å². The molecule has 1 aromatic carbocycles. The Labute approximate surface area is 149 Å². The quantitative estimate of drug-likeness (QED) is 0.717. The second kappa shape index (κ2) is 7.70. The minimum atomic E-state index is 0.296. The van der Waals surface area contributed by atoms with Crippen LogP contribution in [-0.4, -0.2) is 35.6 Å². The maximum Gasteiger partial charge on any atom is 0.222 e. The first-order valence-electron chi connectivity index (χ1n) is 9.00. The number of hydrogen-bond acceptors (Lipinski definition) is 6. The van der Waals surface area contributed by atoms with Crippen molar-refractivity contribution in [1.82, 2.24) is 9.97 Å². The molecule has 0 atom stereocenters. The molecule has 2 aromatic rings. The molecule has 0 unspecified atom stereocenters. The molecule has 0 aliphatic heterocycles. The molecule has 1 heterocycles. The van der Waals surface area contributed by atoms with Gasteiger partial charge < -0.3 is 21.7 Å². The first kappa shape index (κ1) is 17.5. The summed E-state index contributed by atoms with van der Waals surface area (Å²) in [6.45, 7) is 6.94. The van der Waals surface area contributed by atoms with Crippen LogP contribution in [0.1, 0.15) is 36.9 Å². The zero-order chi connectivity index (χ0) is 17.8. The van der Waals surface area contributed by atoms with E-state index >= 15 is 0 Å². The Morgan fingerprint density at radius 1 is 1.24 bits per heavy atom. The minimum absolute atomic E-state index is 0.296. The molecule has 0 bridgehead atoms. The summed E-state index contributed by atoms with van der Waals surface area (Å²) < 4.78 is 0. The van der Waals surface area contributed by atoms with E-state index in [1.165, 1.54) is 11.3 Å². The number of hydrogen-bond donors (Lipinski definition) is 3. The van der Waals surface area contributed by atoms with Gasteiger partial charge in [0.2, 0.25) is 5.95 Å². The highest BCUT2D eigenvalue weighted by Crippen LogP contribution is 2.35. The molecule has 1 aliphatic rings. The van der Waals surface area contributed by atoms with Crippen LogP contribution in [0.2, 0.25) is 0 Å². The fourth-order valence-corrected chi connectivity index (χ4v) is 3.30. The number of aromatic nitrogens is 2. The highest BCUT2D eigenvalue weighted by molar-refractivity contribution is 5.49. The molecule has 6 heteroatoms. The Morgan fingerprint density at radius 2 is 2.04 bits per heavy atom. The van der Waals surface area contributed by atoms with Crippen LogP contribution in [0.3, 0.4) is 0 Å². The van der Waals surface area contributed by atoms with Crippen LogP contribution >= 0.6 is 0 Å². The van der Waals surface area contributed by atoms with Gasteiger partial charge in [-0.2, -0.15) is 4.98 Å². The predicted octanol–water partition coefficient (Wildman–Crippen LogP) is 2.51. The molecule has 0 amide bonds. The average molecular weight is 340 g/mol. The zero-order valence-electron chi connectivity index (χ0n) is 15.1. The van der Waals surface area contributed by atoms with Gasteiger partial charge in [0.15, 0.2) is 0 Å². The van der Waals surface area contributed by atoms with E-state index in [1.807, 2.05) is 6.07 Å². The van der Waals surface area contributed by atoms with E-state index in [2.05, 4.69) is 58.3 Å². The number of nitrogens with one attached hydrogen (secondary N) is 1. The van der Waals surface area contributed by atoms with Gasteiger partial charge in [-0.3, -0.25) is 0 Å². The number of rotatable bonds is 7. The molecule has 0 radical (unpaired) electrons. The van der Waals surface area contributed by atoms with Gasteiger partial charge in [0.1, 0.15) is 5.82 Å². The fraction of sp³-hybridized carbons (Fsp3) is 0.474. The maximum atomic E-state index is 5.88. The molecule has 0 saturated heterocycles. The van der Waals surface area contributed by atoms with Gasteiger partial charge in [-0.05, 0) is 44.4 Å². The van der Waals surface area contributed by atoms with E-state index in [0.717, 1.165) is 44.0 Å². The Morgan fingerprint density at radius 3 is 2.72 bits per heavy atom. The van der Waals surface area contributed by atoms with Gasteiger partial charge in [0, 0.05) is 43.3 Å². The van der Waals surface area contributed by atoms with Gasteiger partial charge in [-0.1, -0.05) is 12.1 Å². The smallest absolute Gasteiger partial charge is 0.222 e. The first-order valence-corrected chi connectivity index (χ1v) is 9.00. The van der Waals surface area contributed by atoms with Crippen LogP contribution < -0.4 is 21.7 Å². The lowest BCUT2D eigenvalue weighted by atomic mass is 9.78. The molecule has 1 saturated carbocycles. The molecule has 134 valence electrons. The summed E-state index contributed by atoms with van der Waals surface area (Å²) in [7, 11) is 0. The number of aryl methyl sites for hydroxylation is 1. The highest BCUT2D eigenvalue weighted by Gasteiger charge is 2.29. The molecule has 0 spiro atoms. The maximum absolute atomic E-state index is 5.88. The minimum Gasteiger partial charge on any atom is -0.370 e. The normalized spacial score (nSPS) is 19.3. The van der Waals surface area contributed by atoms with Crippen molar-refractivity contribution in [3.8, 4) is 0 Å². The summed E-state index contributed by atoms with van der Waals surface area (Å²) in [5.41, 5.74) is 15.3. The lowest BCUT2D eigenvalue weighted by Gasteiger charge is -2.32. The van der Waals surface area contributed by atoms with E-state index in [1.54, 1.807) is 0 Å². The van der Waals surface area contributed by atoms with Gasteiger partial charge >= 0.3 is 0 Å². The molecular formula is C19H28N6. The zero-order valence-corrected chi connectivity index (χ0v) is 15.1. The van der Waals surface area contributed by atoms with Crippen molar-refractivity contribution in [2.45, 2.75) is 38.6 Å². The molecule has 5 N–H and O–H groups in total. The summed E-state index contributed by atoms with van der Waals surface area (Å²) in [6.07, 6.45) is 1.96. The topological polar surface area (TPSA) is 93.1 Å². The van der Waals surface area contributed by atoms with E-state index in [0.29, 0.717) is 17.9 Å². The Bertz CT molecular complexity index is 711. The van der Waals surface area contributed by atoms with Crippen LogP contribution in [0.5, 0.6) is 0 Å². The fourth-order valence-electron chi connectivity index (χ4n) is 3.30. The van der Waals surface area contributed by atoms with Crippen molar-refractivity contribution in [1.29, 1.82) is 0 Å². The van der Waals surface area contributed by atoms with Crippen molar-refractivity contribution in [2.75, 3.05) is 35.6 Å². The van der Waals surface area contributed by atoms with E-state index in [4.69, 9.17) is 11.5 Å². The summed E-state index contributed by atoms with van der Waals surface area (Å²) in [4.78, 5) is 11.0. The third kappa shape index (κ3) is 4.39. The van der Waals surface area contributed by atoms with Gasteiger partial charge in [0.25, 0.3) is 0 Å². The molecule has 3 rings (SSSR count). The van der Waals surface area contributed by atoms with Gasteiger partial charge in [-0.15, -0.1) is 0 Å². The van der Waals surface area contributed by atoms with Crippen molar-refractivity contribution in [2.24, 2.45) is 5.73 Å². The second-order valence-corrected chi connectivity index (χ2v) is 6.81. The number of benzene rings is 1. The van der Waals surface area contributed by atoms with Crippen molar-refractivity contribution >= 4 is 17.5 Å². The Kier molecular flexibility index (Phi) is 5.38. The largest absolute Gasteiger partial charge is 0.370 e. The van der Waals surface area contributed by atoms with E-state index in [9.17, 15) is 0 Å². The predicted molar refractivity (Wildman–Crippen MR) is 104 cm³/mol. The molecule has 1 aromatic heterocycles. The van der Waals surface area contributed by atoms with E-state index in [-0.39, 0.29) is 0 Å². The van der Waals surface area contributed by atoms with Crippen LogP contribution in [-0.2, 0) is 0 Å². The second-order valence-electron chi connectivity index (χ2n) is 6.81.